The highest BCUT2D eigenvalue weighted by atomic mass is 19.1. The Morgan fingerprint density at radius 2 is 0.845 bits per heavy atom. The molecule has 58 heavy (non-hydrogen) atoms. The zero-order valence-corrected chi connectivity index (χ0v) is 33.2. The fourth-order valence-electron chi connectivity index (χ4n) is 8.41. The molecule has 2 heterocycles. The van der Waals surface area contributed by atoms with Crippen molar-refractivity contribution in [2.24, 2.45) is 0 Å². The van der Waals surface area contributed by atoms with Gasteiger partial charge in [-0.3, -0.25) is 0 Å². The molecule has 0 N–H and O–H groups in total. The summed E-state index contributed by atoms with van der Waals surface area (Å²) in [5.74, 6) is -0.848. The second-order valence-electron chi connectivity index (χ2n) is 17.2. The second-order valence-corrected chi connectivity index (χ2v) is 17.2. The summed E-state index contributed by atoms with van der Waals surface area (Å²) in [6, 6.07) is 46.7. The molecule has 4 nitrogen and oxygen atoms in total. The van der Waals surface area contributed by atoms with E-state index in [9.17, 15) is 10.5 Å². The minimum absolute atomic E-state index is 0.167. The van der Waals surface area contributed by atoms with Gasteiger partial charge in [0, 0.05) is 32.7 Å². The van der Waals surface area contributed by atoms with Gasteiger partial charge in [0.15, 0.2) is 0 Å². The maximum atomic E-state index is 15.2. The smallest absolute Gasteiger partial charge is 0.123 e. The summed E-state index contributed by atoms with van der Waals surface area (Å²) in [6.07, 6.45) is 0. The van der Waals surface area contributed by atoms with E-state index < -0.39 is 11.6 Å². The molecule has 0 aliphatic carbocycles. The zero-order chi connectivity index (χ0) is 40.7. The predicted octanol–water partition coefficient (Wildman–Crippen LogP) is 13.8. The van der Waals surface area contributed by atoms with Crippen LogP contribution in [0.5, 0.6) is 0 Å². The zero-order valence-electron chi connectivity index (χ0n) is 33.2. The van der Waals surface area contributed by atoms with Crippen molar-refractivity contribution in [3.05, 3.63) is 167 Å². The number of aromatic nitrogens is 2. The molecule has 0 atom stereocenters. The summed E-state index contributed by atoms with van der Waals surface area (Å²) < 4.78 is 34.9. The van der Waals surface area contributed by atoms with E-state index in [2.05, 4.69) is 111 Å². The lowest BCUT2D eigenvalue weighted by molar-refractivity contribution is 0.591. The molecule has 7 aromatic carbocycles. The van der Waals surface area contributed by atoms with Crippen molar-refractivity contribution in [2.75, 3.05) is 0 Å². The van der Waals surface area contributed by atoms with Gasteiger partial charge in [-0.15, -0.1) is 0 Å². The third kappa shape index (κ3) is 5.92. The Morgan fingerprint density at radius 1 is 0.431 bits per heavy atom. The fraction of sp³-hybridized carbons (Fsp3) is 0.154. The van der Waals surface area contributed by atoms with Crippen LogP contribution in [-0.2, 0) is 10.8 Å². The molecule has 0 fully saturated rings. The molecule has 6 heteroatoms. The Kier molecular flexibility index (Phi) is 8.39. The number of hydrogen-bond acceptors (Lipinski definition) is 2. The summed E-state index contributed by atoms with van der Waals surface area (Å²) in [7, 11) is 0. The van der Waals surface area contributed by atoms with Crippen LogP contribution in [-0.4, -0.2) is 9.13 Å². The molecule has 0 bridgehead atoms. The first kappa shape index (κ1) is 36.6. The predicted molar refractivity (Wildman–Crippen MR) is 233 cm³/mol. The monoisotopic (exact) mass is 758 g/mol. The average molecular weight is 759 g/mol. The maximum absolute atomic E-state index is 15.2. The minimum Gasteiger partial charge on any atom is -0.307 e. The first-order valence-corrected chi connectivity index (χ1v) is 19.4. The molecular weight excluding hydrogens is 719 g/mol. The topological polar surface area (TPSA) is 57.4 Å². The second kappa shape index (κ2) is 13.3. The van der Waals surface area contributed by atoms with E-state index in [0.29, 0.717) is 32.9 Å². The molecule has 2 aromatic heterocycles. The third-order valence-electron chi connectivity index (χ3n) is 11.4. The highest BCUT2D eigenvalue weighted by Gasteiger charge is 2.28. The van der Waals surface area contributed by atoms with E-state index in [-0.39, 0.29) is 10.8 Å². The van der Waals surface area contributed by atoms with Crippen molar-refractivity contribution in [2.45, 2.75) is 52.4 Å². The summed E-state index contributed by atoms with van der Waals surface area (Å²) in [5.41, 5.74) is 11.3. The van der Waals surface area contributed by atoms with Gasteiger partial charge in [0.1, 0.15) is 11.6 Å². The summed E-state index contributed by atoms with van der Waals surface area (Å²) in [6.45, 7) is 13.3. The number of rotatable bonds is 4. The normalized spacial score (nSPS) is 12.1. The molecule has 0 radical (unpaired) electrons. The average Bonchev–Trinajstić information content (AvgIpc) is 3.70. The maximum Gasteiger partial charge on any atom is 0.123 e. The molecule has 282 valence electrons. The van der Waals surface area contributed by atoms with Gasteiger partial charge >= 0.3 is 0 Å². The lowest BCUT2D eigenvalue weighted by Gasteiger charge is -2.25. The van der Waals surface area contributed by atoms with Crippen molar-refractivity contribution in [1.29, 1.82) is 10.5 Å². The number of hydrogen-bond donors (Lipinski definition) is 0. The van der Waals surface area contributed by atoms with E-state index in [1.54, 1.807) is 24.3 Å². The third-order valence-corrected chi connectivity index (χ3v) is 11.4. The Hall–Kier alpha value is -7.02. The van der Waals surface area contributed by atoms with Crippen molar-refractivity contribution in [3.63, 3.8) is 0 Å². The van der Waals surface area contributed by atoms with Crippen LogP contribution in [0.15, 0.2) is 133 Å². The summed E-state index contributed by atoms with van der Waals surface area (Å²) in [4.78, 5) is 0. The summed E-state index contributed by atoms with van der Waals surface area (Å²) in [5, 5.41) is 23.5. The molecule has 0 saturated carbocycles. The van der Waals surface area contributed by atoms with Crippen molar-refractivity contribution in [1.82, 2.24) is 9.13 Å². The van der Waals surface area contributed by atoms with Crippen LogP contribution in [0.2, 0.25) is 0 Å². The SMILES string of the molecule is CC(C)(C)c1ccc2c3ccc(C(C)(C)C)cc3n(-c3c(-c4cccc(C#N)c4)ccc(-c4cccc(C#N)c4)c3-n3c4ccc(F)cc4c4cc(F)ccc43)c2c1. The standard InChI is InChI=1S/C52H40F2N4/c1-51(2,3)35-13-17-41-42-18-14-36(52(4,5)6)26-48(42)58(47(41)25-35)50-40(34-12-8-10-32(24-34)30-56)20-19-39(33-11-7-9-31(23-33)29-55)49(50)57-45-21-15-37(53)27-43(45)44-28-38(54)16-22-46(44)57/h7-28H,1-6H3. The Morgan fingerprint density at radius 3 is 1.24 bits per heavy atom. The van der Waals surface area contributed by atoms with E-state index in [4.69, 9.17) is 0 Å². The lowest BCUT2D eigenvalue weighted by Crippen LogP contribution is -2.12. The quantitative estimate of drug-likeness (QED) is 0.179. The van der Waals surface area contributed by atoms with E-state index in [1.807, 2.05) is 36.4 Å². The van der Waals surface area contributed by atoms with Crippen molar-refractivity contribution < 1.29 is 8.78 Å². The van der Waals surface area contributed by atoms with Gasteiger partial charge in [-0.1, -0.05) is 102 Å². The van der Waals surface area contributed by atoms with Crippen LogP contribution in [0, 0.1) is 34.3 Å². The molecule has 0 saturated heterocycles. The van der Waals surface area contributed by atoms with Crippen LogP contribution in [0.4, 0.5) is 8.78 Å². The fourth-order valence-corrected chi connectivity index (χ4v) is 8.41. The highest BCUT2D eigenvalue weighted by molar-refractivity contribution is 6.13. The molecule has 0 unspecified atom stereocenters. The number of benzene rings is 7. The first-order valence-electron chi connectivity index (χ1n) is 19.4. The molecule has 9 aromatic rings. The van der Waals surface area contributed by atoms with E-state index >= 15 is 8.78 Å². The van der Waals surface area contributed by atoms with Crippen LogP contribution in [0.25, 0.3) is 77.2 Å². The van der Waals surface area contributed by atoms with Crippen LogP contribution in [0.1, 0.15) is 63.8 Å². The van der Waals surface area contributed by atoms with Gasteiger partial charge < -0.3 is 9.13 Å². The van der Waals surface area contributed by atoms with Crippen LogP contribution >= 0.6 is 0 Å². The Labute approximate surface area is 336 Å². The number of fused-ring (bicyclic) bond motifs is 6. The van der Waals surface area contributed by atoms with Gasteiger partial charge in [0.25, 0.3) is 0 Å². The highest BCUT2D eigenvalue weighted by Crippen LogP contribution is 2.47. The minimum atomic E-state index is -0.424. The van der Waals surface area contributed by atoms with Gasteiger partial charge in [0.05, 0.1) is 56.7 Å². The van der Waals surface area contributed by atoms with Crippen molar-refractivity contribution in [3.8, 4) is 45.8 Å². The molecule has 9 rings (SSSR count). The van der Waals surface area contributed by atoms with Crippen molar-refractivity contribution >= 4 is 43.6 Å². The Bertz CT molecular complexity index is 3110. The van der Waals surface area contributed by atoms with E-state index in [0.717, 1.165) is 66.6 Å². The molecular formula is C52H40F2N4. The van der Waals surface area contributed by atoms with Crippen LogP contribution in [0.3, 0.4) is 0 Å². The van der Waals surface area contributed by atoms with Gasteiger partial charge in [-0.05, 0) is 106 Å². The summed E-state index contributed by atoms with van der Waals surface area (Å²) >= 11 is 0. The molecule has 0 aliphatic heterocycles. The largest absolute Gasteiger partial charge is 0.307 e. The lowest BCUT2D eigenvalue weighted by atomic mass is 9.86. The number of nitrogens with zero attached hydrogens (tertiary/aromatic N) is 4. The molecule has 0 aliphatic rings. The van der Waals surface area contributed by atoms with Crippen LogP contribution < -0.4 is 0 Å². The van der Waals surface area contributed by atoms with Gasteiger partial charge in [-0.25, -0.2) is 8.78 Å². The number of nitriles is 2. The van der Waals surface area contributed by atoms with Gasteiger partial charge in [0.2, 0.25) is 0 Å². The Balaban J connectivity index is 1.60. The molecule has 0 spiro atoms. The first-order chi connectivity index (χ1) is 27.7. The number of halogens is 2. The van der Waals surface area contributed by atoms with Gasteiger partial charge in [-0.2, -0.15) is 10.5 Å². The molecule has 0 amide bonds. The van der Waals surface area contributed by atoms with E-state index in [1.165, 1.54) is 24.3 Å².